The normalized spacial score (nSPS) is 14.1. The van der Waals surface area contributed by atoms with Crippen LogP contribution in [-0.2, 0) is 26.9 Å². The van der Waals surface area contributed by atoms with E-state index in [0.29, 0.717) is 0 Å². The van der Waals surface area contributed by atoms with Gasteiger partial charge in [-0.05, 0) is 59.9 Å². The van der Waals surface area contributed by atoms with E-state index < -0.39 is 11.2 Å². The fourth-order valence-corrected chi connectivity index (χ4v) is 5.31. The topological polar surface area (TPSA) is 86.0 Å². The van der Waals surface area contributed by atoms with Gasteiger partial charge in [-0.25, -0.2) is 9.78 Å². The number of nitrogens with one attached hydrogen (secondary N) is 1. The first-order valence-corrected chi connectivity index (χ1v) is 11.8. The molecule has 1 amide bonds. The number of benzene rings is 1. The quantitative estimate of drug-likeness (QED) is 0.507. The van der Waals surface area contributed by atoms with Crippen LogP contribution in [0.2, 0.25) is 0 Å². The molecule has 4 aromatic rings. The lowest BCUT2D eigenvalue weighted by Gasteiger charge is -2.22. The average Bonchev–Trinajstić information content (AvgIpc) is 3.38. The summed E-state index contributed by atoms with van der Waals surface area (Å²) in [5, 5.41) is 5.36. The van der Waals surface area contributed by atoms with E-state index in [-0.39, 0.29) is 28.5 Å². The lowest BCUT2D eigenvalue weighted by Crippen LogP contribution is -2.37. The maximum atomic E-state index is 13.3. The summed E-state index contributed by atoms with van der Waals surface area (Å²) in [6.45, 7) is 0. The minimum absolute atomic E-state index is 0.230. The van der Waals surface area contributed by atoms with E-state index in [9.17, 15) is 14.4 Å². The predicted molar refractivity (Wildman–Crippen MR) is 129 cm³/mol. The van der Waals surface area contributed by atoms with Crippen LogP contribution in [0.5, 0.6) is 0 Å². The number of pyridine rings is 1. The van der Waals surface area contributed by atoms with Gasteiger partial charge in [0.2, 0.25) is 0 Å². The molecule has 0 bridgehead atoms. The fourth-order valence-electron chi connectivity index (χ4n) is 4.51. The molecule has 5 rings (SSSR count). The maximum Gasteiger partial charge on any atom is 0.332 e. The van der Waals surface area contributed by atoms with Gasteiger partial charge >= 0.3 is 5.69 Å². The predicted octanol–water partition coefficient (Wildman–Crippen LogP) is 3.09. The van der Waals surface area contributed by atoms with Gasteiger partial charge in [-0.1, -0.05) is 24.3 Å². The zero-order valence-corrected chi connectivity index (χ0v) is 19.3. The molecule has 8 heteroatoms. The Bertz CT molecular complexity index is 1480. The second-order valence-corrected chi connectivity index (χ2v) is 9.44. The standard InChI is InChI=1S/C25H24N4O3S/c1-28-22-19(24(31)29(2)25(28)32)13-18(14-26-22)23(30)27-21(20-8-5-11-33-20)17-10-9-15-6-3-4-7-16(15)12-17/h5,8-14,21H,3-4,6-7H2,1-2H3,(H,27,30). The molecule has 3 aromatic heterocycles. The van der Waals surface area contributed by atoms with Crippen molar-refractivity contribution in [1.29, 1.82) is 0 Å². The largest absolute Gasteiger partial charge is 0.340 e. The molecule has 1 N–H and O–H groups in total. The molecule has 33 heavy (non-hydrogen) atoms. The molecule has 0 radical (unpaired) electrons. The zero-order chi connectivity index (χ0) is 23.1. The molecule has 3 heterocycles. The van der Waals surface area contributed by atoms with Crippen LogP contribution in [0, 0.1) is 0 Å². The summed E-state index contributed by atoms with van der Waals surface area (Å²) in [6.07, 6.45) is 5.98. The van der Waals surface area contributed by atoms with Crippen LogP contribution in [0.15, 0.2) is 57.6 Å². The Hall–Kier alpha value is -3.52. The molecular weight excluding hydrogens is 436 g/mol. The van der Waals surface area contributed by atoms with E-state index in [0.717, 1.165) is 27.8 Å². The van der Waals surface area contributed by atoms with E-state index in [2.05, 4.69) is 28.5 Å². The van der Waals surface area contributed by atoms with Crippen LogP contribution in [0.1, 0.15) is 50.8 Å². The number of rotatable bonds is 4. The Labute approximate surface area is 194 Å². The van der Waals surface area contributed by atoms with E-state index >= 15 is 0 Å². The molecule has 1 atom stereocenters. The lowest BCUT2D eigenvalue weighted by atomic mass is 9.89. The number of carbonyl (C=O) groups is 1. The Morgan fingerprint density at radius 1 is 1.06 bits per heavy atom. The Morgan fingerprint density at radius 2 is 1.85 bits per heavy atom. The summed E-state index contributed by atoms with van der Waals surface area (Å²) in [4.78, 5) is 43.4. The Kier molecular flexibility index (Phi) is 5.46. The van der Waals surface area contributed by atoms with Crippen molar-refractivity contribution in [3.8, 4) is 0 Å². The number of carbonyl (C=O) groups excluding carboxylic acids is 1. The third kappa shape index (κ3) is 3.80. The molecule has 0 saturated heterocycles. The van der Waals surface area contributed by atoms with E-state index in [1.807, 2.05) is 17.5 Å². The van der Waals surface area contributed by atoms with Crippen molar-refractivity contribution in [1.82, 2.24) is 19.4 Å². The Morgan fingerprint density at radius 3 is 2.61 bits per heavy atom. The number of hydrogen-bond acceptors (Lipinski definition) is 5. The zero-order valence-electron chi connectivity index (χ0n) is 18.5. The fraction of sp³-hybridized carbons (Fsp3) is 0.280. The summed E-state index contributed by atoms with van der Waals surface area (Å²) >= 11 is 1.59. The van der Waals surface area contributed by atoms with Crippen LogP contribution in [-0.4, -0.2) is 20.0 Å². The number of thiophene rings is 1. The third-order valence-electron chi connectivity index (χ3n) is 6.36. The van der Waals surface area contributed by atoms with Gasteiger partial charge in [-0.3, -0.25) is 18.7 Å². The smallest absolute Gasteiger partial charge is 0.332 e. The number of amides is 1. The third-order valence-corrected chi connectivity index (χ3v) is 7.30. The number of fused-ring (bicyclic) bond motifs is 2. The molecule has 168 valence electrons. The SMILES string of the molecule is Cn1c(=O)c2cc(C(=O)NC(c3ccc4c(c3)CCCC4)c3cccs3)cnc2n(C)c1=O. The van der Waals surface area contributed by atoms with Crippen LogP contribution in [0.25, 0.3) is 11.0 Å². The summed E-state index contributed by atoms with van der Waals surface area (Å²) in [7, 11) is 2.97. The van der Waals surface area contributed by atoms with Gasteiger partial charge in [-0.2, -0.15) is 0 Å². The number of hydrogen-bond donors (Lipinski definition) is 1. The number of aromatic nitrogens is 3. The van der Waals surface area contributed by atoms with Gasteiger partial charge in [0.25, 0.3) is 11.5 Å². The van der Waals surface area contributed by atoms with Crippen molar-refractivity contribution in [3.05, 3.63) is 95.9 Å². The minimum atomic E-state index is -0.472. The highest BCUT2D eigenvalue weighted by Crippen LogP contribution is 2.30. The molecule has 0 aliphatic heterocycles. The maximum absolute atomic E-state index is 13.3. The van der Waals surface area contributed by atoms with Gasteiger partial charge < -0.3 is 5.32 Å². The van der Waals surface area contributed by atoms with Crippen molar-refractivity contribution in [2.75, 3.05) is 0 Å². The first-order valence-electron chi connectivity index (χ1n) is 11.0. The highest BCUT2D eigenvalue weighted by Gasteiger charge is 2.22. The van der Waals surface area contributed by atoms with E-state index in [1.165, 1.54) is 47.8 Å². The van der Waals surface area contributed by atoms with Crippen molar-refractivity contribution in [2.24, 2.45) is 14.1 Å². The van der Waals surface area contributed by atoms with Gasteiger partial charge in [0.15, 0.2) is 0 Å². The molecule has 1 aliphatic rings. The Balaban J connectivity index is 1.53. The number of aryl methyl sites for hydroxylation is 3. The first-order chi connectivity index (χ1) is 15.9. The molecule has 0 fully saturated rings. The van der Waals surface area contributed by atoms with Gasteiger partial charge in [0.05, 0.1) is 17.0 Å². The van der Waals surface area contributed by atoms with Crippen molar-refractivity contribution in [2.45, 2.75) is 31.7 Å². The average molecular weight is 461 g/mol. The van der Waals surface area contributed by atoms with Crippen molar-refractivity contribution >= 4 is 28.3 Å². The highest BCUT2D eigenvalue weighted by molar-refractivity contribution is 7.10. The van der Waals surface area contributed by atoms with Crippen LogP contribution < -0.4 is 16.6 Å². The lowest BCUT2D eigenvalue weighted by molar-refractivity contribution is 0.0943. The molecule has 1 aromatic carbocycles. The second-order valence-electron chi connectivity index (χ2n) is 8.46. The van der Waals surface area contributed by atoms with Crippen LogP contribution in [0.4, 0.5) is 0 Å². The van der Waals surface area contributed by atoms with Gasteiger partial charge in [0, 0.05) is 25.2 Å². The van der Waals surface area contributed by atoms with Gasteiger partial charge in [-0.15, -0.1) is 11.3 Å². The van der Waals surface area contributed by atoms with Gasteiger partial charge in [0.1, 0.15) is 5.65 Å². The van der Waals surface area contributed by atoms with Crippen LogP contribution >= 0.6 is 11.3 Å². The monoisotopic (exact) mass is 460 g/mol. The molecule has 1 aliphatic carbocycles. The summed E-state index contributed by atoms with van der Waals surface area (Å²) < 4.78 is 2.33. The summed E-state index contributed by atoms with van der Waals surface area (Å²) in [5.74, 6) is -0.323. The molecule has 0 spiro atoms. The number of nitrogens with zero attached hydrogens (tertiary/aromatic N) is 3. The van der Waals surface area contributed by atoms with Crippen molar-refractivity contribution in [3.63, 3.8) is 0 Å². The minimum Gasteiger partial charge on any atom is -0.340 e. The molecule has 0 saturated carbocycles. The van der Waals surface area contributed by atoms with E-state index in [1.54, 1.807) is 18.4 Å². The van der Waals surface area contributed by atoms with Crippen LogP contribution in [0.3, 0.4) is 0 Å². The molecule has 1 unspecified atom stereocenters. The van der Waals surface area contributed by atoms with E-state index in [4.69, 9.17) is 0 Å². The molecule has 7 nitrogen and oxygen atoms in total. The highest BCUT2D eigenvalue weighted by atomic mass is 32.1. The van der Waals surface area contributed by atoms with Crippen molar-refractivity contribution < 1.29 is 4.79 Å². The second kappa shape index (κ2) is 8.44. The first kappa shape index (κ1) is 21.3. The summed E-state index contributed by atoms with van der Waals surface area (Å²) in [5.41, 5.74) is 3.38. The molecular formula is C25H24N4O3S. The summed E-state index contributed by atoms with van der Waals surface area (Å²) in [6, 6.07) is 11.7.